The van der Waals surface area contributed by atoms with Crippen molar-refractivity contribution < 1.29 is 9.59 Å². The van der Waals surface area contributed by atoms with Gasteiger partial charge in [0.1, 0.15) is 6.20 Å². The highest BCUT2D eigenvalue weighted by atomic mass is 16.3. The largest absolute Gasteiger partial charge is 0.345 e. The molecule has 1 rings (SSSR count). The molecule has 1 heterocycles. The molecule has 1 aliphatic heterocycles. The lowest BCUT2D eigenvalue weighted by Gasteiger charge is -2.39. The van der Waals surface area contributed by atoms with Gasteiger partial charge >= 0.3 is 0 Å². The van der Waals surface area contributed by atoms with E-state index in [1.165, 1.54) is 70.6 Å². The van der Waals surface area contributed by atoms with Gasteiger partial charge in [-0.1, -0.05) is 57.6 Å². The first-order valence-electron chi connectivity index (χ1n) is 10.8. The topological polar surface area (TPSA) is 32.3 Å². The Kier molecular flexibility index (Phi) is 11.9. The zero-order chi connectivity index (χ0) is 18.4. The Balaban J connectivity index is 1.99. The predicted molar refractivity (Wildman–Crippen MR) is 109 cm³/mol. The average Bonchev–Trinajstić information content (AvgIpc) is 3.03. The number of nitrogens with one attached hydrogen (secondary N) is 1. The first kappa shape index (κ1) is 22.2. The second-order valence-corrected chi connectivity index (χ2v) is 7.61. The number of hydrogen-bond donors (Lipinski definition) is 2. The van der Waals surface area contributed by atoms with Gasteiger partial charge in [0, 0.05) is 13.3 Å². The van der Waals surface area contributed by atoms with Gasteiger partial charge < -0.3 is 10.4 Å². The summed E-state index contributed by atoms with van der Waals surface area (Å²) >= 11 is 0. The van der Waals surface area contributed by atoms with Crippen LogP contribution in [0.3, 0.4) is 0 Å². The third kappa shape index (κ3) is 7.96. The van der Waals surface area contributed by atoms with Crippen LogP contribution in [-0.2, 0) is 0 Å². The van der Waals surface area contributed by atoms with E-state index in [9.17, 15) is 5.11 Å². The molecular weight excluding hydrogens is 308 g/mol. The molecule has 0 spiro atoms. The van der Waals surface area contributed by atoms with Crippen LogP contribution in [0.2, 0.25) is 0 Å². The van der Waals surface area contributed by atoms with Crippen molar-refractivity contribution in [3.05, 3.63) is 24.6 Å². The molecule has 0 aliphatic carbocycles. The van der Waals surface area contributed by atoms with E-state index in [-0.39, 0.29) is 6.23 Å². The van der Waals surface area contributed by atoms with Crippen LogP contribution in [0.1, 0.15) is 97.8 Å². The summed E-state index contributed by atoms with van der Waals surface area (Å²) in [6.45, 7) is 7.28. The van der Waals surface area contributed by atoms with E-state index < -0.39 is 0 Å². The molecule has 2 N–H and O–H groups in total. The number of hydrogen-bond acceptors (Lipinski definition) is 2. The highest BCUT2D eigenvalue weighted by molar-refractivity contribution is 4.84. The Morgan fingerprint density at radius 2 is 1.56 bits per heavy atom. The van der Waals surface area contributed by atoms with Gasteiger partial charge in [-0.3, -0.25) is 4.48 Å². The smallest absolute Gasteiger partial charge is 0.193 e. The summed E-state index contributed by atoms with van der Waals surface area (Å²) in [5.41, 5.74) is 0. The molecule has 0 aromatic heterocycles. The van der Waals surface area contributed by atoms with Crippen molar-refractivity contribution in [1.82, 2.24) is 5.32 Å². The molecule has 0 amide bonds. The average molecular weight is 352 g/mol. The van der Waals surface area contributed by atoms with E-state index in [1.54, 1.807) is 0 Å². The van der Waals surface area contributed by atoms with Gasteiger partial charge in [0.15, 0.2) is 12.4 Å². The molecule has 0 bridgehead atoms. The number of unbranched alkanes of at least 4 members (excludes halogenated alkanes) is 9. The molecule has 3 atom stereocenters. The molecule has 3 heteroatoms. The third-order valence-electron chi connectivity index (χ3n) is 5.70. The van der Waals surface area contributed by atoms with Crippen molar-refractivity contribution in [3.63, 3.8) is 0 Å². The SMILES string of the molecule is CCCCCC/C=C/CCCCCCCC1NC=C[N+]1(CC)C(C)O. The lowest BCUT2D eigenvalue weighted by atomic mass is 10.1. The standard InChI is InChI=1S/C22H43N2O/c1-4-6-7-8-9-10-11-12-13-14-15-16-17-18-22-23-19-20-24(22,5-2)21(3)25/h10-11,19-23,25H,4-9,12-18H2,1-3H3/q+1/b11-10+. The van der Waals surface area contributed by atoms with Gasteiger partial charge in [-0.15, -0.1) is 0 Å². The van der Waals surface area contributed by atoms with Gasteiger partial charge in [0.2, 0.25) is 0 Å². The number of quaternary nitrogens is 1. The summed E-state index contributed by atoms with van der Waals surface area (Å²) in [7, 11) is 0. The van der Waals surface area contributed by atoms with E-state index >= 15 is 0 Å². The molecular formula is C22H43N2O+. The third-order valence-corrected chi connectivity index (χ3v) is 5.70. The summed E-state index contributed by atoms with van der Waals surface area (Å²) in [6, 6.07) is 0. The van der Waals surface area contributed by atoms with Crippen LogP contribution in [0.5, 0.6) is 0 Å². The van der Waals surface area contributed by atoms with Crippen molar-refractivity contribution >= 4 is 0 Å². The molecule has 0 saturated carbocycles. The second-order valence-electron chi connectivity index (χ2n) is 7.61. The van der Waals surface area contributed by atoms with Crippen LogP contribution in [-0.4, -0.2) is 28.5 Å². The molecule has 0 aromatic rings. The highest BCUT2D eigenvalue weighted by Crippen LogP contribution is 2.25. The van der Waals surface area contributed by atoms with Crippen LogP contribution in [0.15, 0.2) is 24.6 Å². The number of rotatable bonds is 15. The highest BCUT2D eigenvalue weighted by Gasteiger charge is 2.40. The van der Waals surface area contributed by atoms with Crippen LogP contribution in [0.25, 0.3) is 0 Å². The van der Waals surface area contributed by atoms with E-state index in [2.05, 4.69) is 37.5 Å². The zero-order valence-electron chi connectivity index (χ0n) is 17.1. The Morgan fingerprint density at radius 3 is 2.16 bits per heavy atom. The van der Waals surface area contributed by atoms with Crippen molar-refractivity contribution in [2.45, 2.75) is 110 Å². The maximum Gasteiger partial charge on any atom is 0.193 e. The first-order valence-corrected chi connectivity index (χ1v) is 10.8. The fraction of sp³-hybridized carbons (Fsp3) is 0.818. The molecule has 3 unspecified atom stereocenters. The zero-order valence-corrected chi connectivity index (χ0v) is 17.1. The summed E-state index contributed by atoms with van der Waals surface area (Å²) in [6.07, 6.45) is 24.6. The molecule has 0 aromatic carbocycles. The van der Waals surface area contributed by atoms with E-state index in [4.69, 9.17) is 0 Å². The Bertz CT molecular complexity index is 378. The summed E-state index contributed by atoms with van der Waals surface area (Å²) in [5, 5.41) is 13.6. The molecule has 0 saturated heterocycles. The Labute approximate surface area is 156 Å². The Hall–Kier alpha value is -0.800. The van der Waals surface area contributed by atoms with Crippen LogP contribution >= 0.6 is 0 Å². The van der Waals surface area contributed by atoms with Crippen LogP contribution in [0, 0.1) is 0 Å². The van der Waals surface area contributed by atoms with Gasteiger partial charge in [0.25, 0.3) is 0 Å². The van der Waals surface area contributed by atoms with Crippen molar-refractivity contribution in [1.29, 1.82) is 0 Å². The van der Waals surface area contributed by atoms with Crippen LogP contribution < -0.4 is 5.32 Å². The molecule has 0 radical (unpaired) electrons. The lowest BCUT2D eigenvalue weighted by molar-refractivity contribution is -0.942. The maximum atomic E-state index is 10.2. The summed E-state index contributed by atoms with van der Waals surface area (Å²) in [4.78, 5) is 0. The molecule has 0 fully saturated rings. The van der Waals surface area contributed by atoms with Gasteiger partial charge in [-0.2, -0.15) is 0 Å². The molecule has 25 heavy (non-hydrogen) atoms. The fourth-order valence-corrected chi connectivity index (χ4v) is 3.89. The number of aliphatic hydroxyl groups is 1. The molecule has 3 nitrogen and oxygen atoms in total. The van der Waals surface area contributed by atoms with Crippen LogP contribution in [0.4, 0.5) is 0 Å². The summed E-state index contributed by atoms with van der Waals surface area (Å²) < 4.78 is 0.670. The number of allylic oxidation sites excluding steroid dienone is 2. The number of aliphatic hydroxyl groups excluding tert-OH is 1. The second kappa shape index (κ2) is 13.4. The quantitative estimate of drug-likeness (QED) is 0.221. The minimum absolute atomic E-state index is 0.338. The predicted octanol–water partition coefficient (Wildman–Crippen LogP) is 5.82. The molecule has 146 valence electrons. The van der Waals surface area contributed by atoms with Gasteiger partial charge in [-0.05, 0) is 39.0 Å². The minimum Gasteiger partial charge on any atom is -0.345 e. The first-order chi connectivity index (χ1) is 12.2. The maximum absolute atomic E-state index is 10.2. The van der Waals surface area contributed by atoms with Crippen molar-refractivity contribution in [3.8, 4) is 0 Å². The lowest BCUT2D eigenvalue weighted by Crippen LogP contribution is -2.57. The van der Waals surface area contributed by atoms with Crippen molar-refractivity contribution in [2.24, 2.45) is 0 Å². The normalized spacial score (nSPS) is 24.1. The van der Waals surface area contributed by atoms with Crippen molar-refractivity contribution in [2.75, 3.05) is 6.54 Å². The van der Waals surface area contributed by atoms with E-state index in [1.807, 2.05) is 13.1 Å². The van der Waals surface area contributed by atoms with E-state index in [0.717, 1.165) is 13.0 Å². The van der Waals surface area contributed by atoms with Gasteiger partial charge in [-0.25, -0.2) is 0 Å². The monoisotopic (exact) mass is 351 g/mol. The fourth-order valence-electron chi connectivity index (χ4n) is 3.89. The summed E-state index contributed by atoms with van der Waals surface area (Å²) in [5.74, 6) is 0. The van der Waals surface area contributed by atoms with E-state index in [0.29, 0.717) is 10.6 Å². The number of nitrogens with zero attached hydrogens (tertiary/aromatic N) is 1. The Morgan fingerprint density at radius 1 is 0.960 bits per heavy atom. The molecule has 1 aliphatic rings. The minimum atomic E-state index is -0.338. The van der Waals surface area contributed by atoms with Gasteiger partial charge in [0.05, 0.1) is 12.7 Å².